The van der Waals surface area contributed by atoms with E-state index in [1.165, 1.54) is 29.8 Å². The van der Waals surface area contributed by atoms with Crippen LogP contribution in [0.5, 0.6) is 0 Å². The van der Waals surface area contributed by atoms with E-state index in [0.29, 0.717) is 0 Å². The lowest BCUT2D eigenvalue weighted by Gasteiger charge is -2.19. The fourth-order valence-electron chi connectivity index (χ4n) is 3.37. The van der Waals surface area contributed by atoms with E-state index in [1.54, 1.807) is 26.0 Å². The summed E-state index contributed by atoms with van der Waals surface area (Å²) >= 11 is 9.12. The first-order chi connectivity index (χ1) is 14.7. The van der Waals surface area contributed by atoms with Crippen molar-refractivity contribution in [2.75, 3.05) is 7.11 Å². The van der Waals surface area contributed by atoms with Crippen LogP contribution in [0, 0.1) is 5.92 Å². The molecule has 31 heavy (non-hydrogen) atoms. The van der Waals surface area contributed by atoms with Crippen LogP contribution in [0.2, 0.25) is 4.34 Å². The molecule has 0 saturated carbocycles. The summed E-state index contributed by atoms with van der Waals surface area (Å²) in [5, 5.41) is 2.06. The second-order valence-corrected chi connectivity index (χ2v) is 12.0. The molecule has 0 saturated heterocycles. The smallest absolute Gasteiger partial charge is 0.324 e. The zero-order valence-electron chi connectivity index (χ0n) is 17.0. The molecule has 1 N–H and O–H groups in total. The lowest BCUT2D eigenvalue weighted by Crippen LogP contribution is -2.44. The summed E-state index contributed by atoms with van der Waals surface area (Å²) in [4.78, 5) is 13.2. The topological polar surface area (TPSA) is 72.5 Å². The fourth-order valence-corrected chi connectivity index (χ4v) is 7.02. The SMILES string of the molecule is COC(=O)[C@@H](NS(=O)(=O)c1ccc2c(c1)sc1cc(-c3ccc(Cl)s3)ccc12)C(C)C. The highest BCUT2D eigenvalue weighted by molar-refractivity contribution is 7.89. The number of fused-ring (bicyclic) bond motifs is 3. The summed E-state index contributed by atoms with van der Waals surface area (Å²) in [7, 11) is -2.65. The molecule has 0 unspecified atom stereocenters. The van der Waals surface area contributed by atoms with Crippen LogP contribution in [0.25, 0.3) is 30.6 Å². The number of halogens is 1. The third kappa shape index (κ3) is 4.36. The minimum Gasteiger partial charge on any atom is -0.468 e. The van der Waals surface area contributed by atoms with Crippen molar-refractivity contribution in [1.29, 1.82) is 0 Å². The Hall–Kier alpha value is -1.97. The molecule has 162 valence electrons. The molecule has 2 aromatic carbocycles. The highest BCUT2D eigenvalue weighted by atomic mass is 35.5. The van der Waals surface area contributed by atoms with E-state index in [2.05, 4.69) is 16.9 Å². The molecule has 0 aliphatic carbocycles. The van der Waals surface area contributed by atoms with Gasteiger partial charge in [-0.3, -0.25) is 4.79 Å². The van der Waals surface area contributed by atoms with Crippen molar-refractivity contribution in [3.05, 3.63) is 52.9 Å². The number of sulfonamides is 1. The predicted molar refractivity (Wildman–Crippen MR) is 129 cm³/mol. The molecule has 4 rings (SSSR count). The van der Waals surface area contributed by atoms with Crippen molar-refractivity contribution in [2.45, 2.75) is 24.8 Å². The van der Waals surface area contributed by atoms with Gasteiger partial charge in [-0.1, -0.05) is 43.6 Å². The maximum atomic E-state index is 12.9. The zero-order chi connectivity index (χ0) is 22.3. The summed E-state index contributed by atoms with van der Waals surface area (Å²) < 4.78 is 35.8. The van der Waals surface area contributed by atoms with E-state index in [-0.39, 0.29) is 10.8 Å². The Balaban J connectivity index is 1.73. The van der Waals surface area contributed by atoms with Crippen LogP contribution in [0.1, 0.15) is 13.8 Å². The first-order valence-corrected chi connectivity index (χ1v) is 13.0. The van der Waals surface area contributed by atoms with Gasteiger partial charge in [-0.25, -0.2) is 8.42 Å². The van der Waals surface area contributed by atoms with Gasteiger partial charge in [0.15, 0.2) is 0 Å². The number of thiophene rings is 2. The lowest BCUT2D eigenvalue weighted by molar-refractivity contribution is -0.143. The first kappa shape index (κ1) is 22.2. The zero-order valence-corrected chi connectivity index (χ0v) is 20.2. The third-order valence-electron chi connectivity index (χ3n) is 5.02. The second-order valence-electron chi connectivity index (χ2n) is 7.44. The van der Waals surface area contributed by atoms with Crippen LogP contribution < -0.4 is 4.72 Å². The van der Waals surface area contributed by atoms with Gasteiger partial charge in [0, 0.05) is 25.0 Å². The number of hydrogen-bond acceptors (Lipinski definition) is 6. The van der Waals surface area contributed by atoms with Crippen molar-refractivity contribution in [2.24, 2.45) is 5.92 Å². The molecule has 5 nitrogen and oxygen atoms in total. The molecule has 0 bridgehead atoms. The maximum Gasteiger partial charge on any atom is 0.324 e. The van der Waals surface area contributed by atoms with Crippen molar-refractivity contribution < 1.29 is 17.9 Å². The van der Waals surface area contributed by atoms with Gasteiger partial charge in [0.05, 0.1) is 16.3 Å². The molecule has 0 radical (unpaired) electrons. The minimum atomic E-state index is -3.89. The molecule has 1 atom stereocenters. The monoisotopic (exact) mass is 493 g/mol. The van der Waals surface area contributed by atoms with E-state index in [9.17, 15) is 13.2 Å². The first-order valence-electron chi connectivity index (χ1n) is 9.52. The van der Waals surface area contributed by atoms with Gasteiger partial charge in [-0.15, -0.1) is 22.7 Å². The number of methoxy groups -OCH3 is 1. The summed E-state index contributed by atoms with van der Waals surface area (Å²) in [6.45, 7) is 3.52. The predicted octanol–water partition coefficient (Wildman–Crippen LogP) is 5.91. The Bertz CT molecular complexity index is 1390. The number of rotatable bonds is 6. The van der Waals surface area contributed by atoms with E-state index in [4.69, 9.17) is 16.3 Å². The Kier molecular flexibility index (Phi) is 6.11. The third-order valence-corrected chi connectivity index (χ3v) is 8.85. The molecule has 4 aromatic rings. The highest BCUT2D eigenvalue weighted by Gasteiger charge is 2.29. The quantitative estimate of drug-likeness (QED) is 0.339. The Morgan fingerprint density at radius 1 is 1.00 bits per heavy atom. The standard InChI is InChI=1S/C22H20ClNO4S3/c1-12(2)21(22(25)28-3)24-31(26,27)14-5-7-16-15-6-4-13(17-8-9-20(23)30-17)10-18(15)29-19(16)11-14/h4-12,21,24H,1-3H3/t21-/m0/s1. The molecule has 0 amide bonds. The molecular weight excluding hydrogens is 474 g/mol. The van der Waals surface area contributed by atoms with Crippen molar-refractivity contribution in [3.63, 3.8) is 0 Å². The maximum absolute atomic E-state index is 12.9. The van der Waals surface area contributed by atoms with Gasteiger partial charge >= 0.3 is 5.97 Å². The minimum absolute atomic E-state index is 0.117. The number of ether oxygens (including phenoxy) is 1. The average molecular weight is 494 g/mol. The van der Waals surface area contributed by atoms with E-state index < -0.39 is 22.0 Å². The molecule has 9 heteroatoms. The van der Waals surface area contributed by atoms with Gasteiger partial charge in [-0.2, -0.15) is 4.72 Å². The highest BCUT2D eigenvalue weighted by Crippen LogP contribution is 2.39. The Labute approximate surface area is 193 Å². The van der Waals surface area contributed by atoms with Gasteiger partial charge in [0.1, 0.15) is 6.04 Å². The van der Waals surface area contributed by atoms with Crippen LogP contribution >= 0.6 is 34.3 Å². The summed E-state index contributed by atoms with van der Waals surface area (Å²) in [5.74, 6) is -0.859. The molecule has 0 fully saturated rings. The molecule has 2 heterocycles. The Morgan fingerprint density at radius 3 is 2.29 bits per heavy atom. The van der Waals surface area contributed by atoms with Crippen LogP contribution in [-0.4, -0.2) is 27.5 Å². The van der Waals surface area contributed by atoms with Crippen LogP contribution in [0.3, 0.4) is 0 Å². The van der Waals surface area contributed by atoms with Crippen molar-refractivity contribution >= 4 is 70.4 Å². The van der Waals surface area contributed by atoms with E-state index in [0.717, 1.165) is 34.9 Å². The molecule has 0 aliphatic rings. The van der Waals surface area contributed by atoms with Gasteiger partial charge in [0.25, 0.3) is 0 Å². The van der Waals surface area contributed by atoms with Gasteiger partial charge in [-0.05, 0) is 41.8 Å². The van der Waals surface area contributed by atoms with Crippen LogP contribution in [0.4, 0.5) is 0 Å². The molecule has 0 aliphatic heterocycles. The number of esters is 1. The van der Waals surface area contributed by atoms with Crippen molar-refractivity contribution in [1.82, 2.24) is 4.72 Å². The fraction of sp³-hybridized carbons (Fsp3) is 0.227. The Morgan fingerprint density at radius 2 is 1.68 bits per heavy atom. The number of benzene rings is 2. The van der Waals surface area contributed by atoms with Gasteiger partial charge < -0.3 is 4.74 Å². The number of nitrogens with one attached hydrogen (secondary N) is 1. The summed E-state index contributed by atoms with van der Waals surface area (Å²) in [5.41, 5.74) is 1.07. The van der Waals surface area contributed by atoms with Crippen LogP contribution in [0.15, 0.2) is 53.4 Å². The van der Waals surface area contributed by atoms with Gasteiger partial charge in [0.2, 0.25) is 10.0 Å². The van der Waals surface area contributed by atoms with E-state index >= 15 is 0 Å². The largest absolute Gasteiger partial charge is 0.468 e. The average Bonchev–Trinajstić information content (AvgIpc) is 3.33. The van der Waals surface area contributed by atoms with Crippen molar-refractivity contribution in [3.8, 4) is 10.4 Å². The summed E-state index contributed by atoms with van der Waals surface area (Å²) in [6.07, 6.45) is 0. The number of hydrogen-bond donors (Lipinski definition) is 1. The lowest BCUT2D eigenvalue weighted by atomic mass is 10.1. The summed E-state index contributed by atoms with van der Waals surface area (Å²) in [6, 6.07) is 14.1. The number of carbonyl (C=O) groups is 1. The number of carbonyl (C=O) groups excluding carboxylic acids is 1. The molecular formula is C22H20ClNO4S3. The molecule has 0 spiro atoms. The second kappa shape index (κ2) is 8.52. The normalized spacial score (nSPS) is 13.2. The molecule has 2 aromatic heterocycles. The van der Waals surface area contributed by atoms with Crippen LogP contribution in [-0.2, 0) is 19.6 Å². The van der Waals surface area contributed by atoms with E-state index in [1.807, 2.05) is 24.3 Å².